The minimum Gasteiger partial charge on any atom is -0.352 e. The average Bonchev–Trinajstić information content (AvgIpc) is 3.45. The van der Waals surface area contributed by atoms with E-state index in [0.717, 1.165) is 0 Å². The summed E-state index contributed by atoms with van der Waals surface area (Å²) >= 11 is 0. The van der Waals surface area contributed by atoms with Crippen LogP contribution in [-0.4, -0.2) is 65.0 Å². The number of nitrogens with zero attached hydrogens (tertiary/aromatic N) is 2. The maximum Gasteiger partial charge on any atom is 0.254 e. The molecule has 0 spiro atoms. The normalized spacial score (nSPS) is 20.1. The highest BCUT2D eigenvalue weighted by molar-refractivity contribution is 6.02. The maximum absolute atomic E-state index is 13.1. The summed E-state index contributed by atoms with van der Waals surface area (Å²) in [5.41, 5.74) is 2.38. The third-order valence-electron chi connectivity index (χ3n) is 7.48. The molecule has 3 unspecified atom stereocenters. The van der Waals surface area contributed by atoms with Crippen LogP contribution in [0.15, 0.2) is 54.6 Å². The second-order valence-corrected chi connectivity index (χ2v) is 11.3. The van der Waals surface area contributed by atoms with Crippen LogP contribution in [0.25, 0.3) is 0 Å². The van der Waals surface area contributed by atoms with Crippen LogP contribution >= 0.6 is 0 Å². The van der Waals surface area contributed by atoms with Crippen molar-refractivity contribution in [2.45, 2.75) is 64.5 Å². The number of carbonyl (C=O) groups is 4. The van der Waals surface area contributed by atoms with Gasteiger partial charge in [0, 0.05) is 30.6 Å². The van der Waals surface area contributed by atoms with Gasteiger partial charge in [-0.2, -0.15) is 0 Å². The Morgan fingerprint density at radius 3 is 2.30 bits per heavy atom. The van der Waals surface area contributed by atoms with Crippen molar-refractivity contribution in [2.24, 2.45) is 5.92 Å². The minimum absolute atomic E-state index is 0.0329. The highest BCUT2D eigenvalue weighted by Gasteiger charge is 2.51. The first-order valence-electron chi connectivity index (χ1n) is 13.1. The summed E-state index contributed by atoms with van der Waals surface area (Å²) < 4.78 is 0. The first-order valence-corrected chi connectivity index (χ1v) is 13.1. The van der Waals surface area contributed by atoms with Crippen molar-refractivity contribution in [3.05, 3.63) is 71.3 Å². The van der Waals surface area contributed by atoms with Crippen molar-refractivity contribution < 1.29 is 19.2 Å². The molecule has 3 amide bonds. The number of hydrogen-bond acceptors (Lipinski definition) is 4. The molecule has 37 heavy (non-hydrogen) atoms. The third kappa shape index (κ3) is 5.92. The van der Waals surface area contributed by atoms with Crippen molar-refractivity contribution in [3.8, 4) is 0 Å². The van der Waals surface area contributed by atoms with Crippen molar-refractivity contribution in [2.75, 3.05) is 19.6 Å². The molecule has 2 fully saturated rings. The topological polar surface area (TPSA) is 86.8 Å². The number of Topliss-reactive ketones (excluding diaryl/α,β-unsaturated/α-hetero) is 1. The Kier molecular flexibility index (Phi) is 7.81. The average molecular weight is 504 g/mol. The third-order valence-corrected chi connectivity index (χ3v) is 7.48. The van der Waals surface area contributed by atoms with Gasteiger partial charge in [-0.15, -0.1) is 0 Å². The van der Waals surface area contributed by atoms with E-state index in [4.69, 9.17) is 0 Å². The summed E-state index contributed by atoms with van der Waals surface area (Å²) in [6.07, 6.45) is 1.57. The van der Waals surface area contributed by atoms with Crippen LogP contribution in [0.5, 0.6) is 0 Å². The predicted octanol–water partition coefficient (Wildman–Crippen LogP) is 3.82. The quantitative estimate of drug-likeness (QED) is 0.622. The number of nitrogens with one attached hydrogen (secondary N) is 1. The molecule has 0 bridgehead atoms. The number of rotatable bonds is 7. The Bertz CT molecular complexity index is 1150. The number of benzene rings is 2. The standard InChI is InChI=1S/C30H37N3O4/c1-20(14-16-31-28(36)21-10-12-23(13-11-21)30(2,3)4)18-26(35)32-17-15-24-27(32)25(34)19-33(24)29(37)22-8-6-5-7-9-22/h5-13,20,24,27H,14-19H2,1-4H3,(H,31,36). The molecule has 4 rings (SSSR count). The van der Waals surface area contributed by atoms with Gasteiger partial charge in [-0.25, -0.2) is 0 Å². The zero-order valence-electron chi connectivity index (χ0n) is 22.2. The molecule has 0 aliphatic carbocycles. The van der Waals surface area contributed by atoms with E-state index in [1.165, 1.54) is 5.56 Å². The number of carbonyl (C=O) groups excluding carboxylic acids is 4. The van der Waals surface area contributed by atoms with Crippen LogP contribution < -0.4 is 5.32 Å². The van der Waals surface area contributed by atoms with Crippen molar-refractivity contribution >= 4 is 23.5 Å². The Labute approximate surface area is 219 Å². The molecule has 2 aliphatic rings. The van der Waals surface area contributed by atoms with E-state index in [0.29, 0.717) is 43.5 Å². The zero-order valence-corrected chi connectivity index (χ0v) is 22.2. The van der Waals surface area contributed by atoms with Gasteiger partial charge in [0.25, 0.3) is 11.8 Å². The van der Waals surface area contributed by atoms with E-state index >= 15 is 0 Å². The molecular formula is C30H37N3O4. The van der Waals surface area contributed by atoms with Gasteiger partial charge in [0.15, 0.2) is 5.78 Å². The van der Waals surface area contributed by atoms with Crippen molar-refractivity contribution in [1.29, 1.82) is 0 Å². The fourth-order valence-electron chi connectivity index (χ4n) is 5.29. The molecule has 7 nitrogen and oxygen atoms in total. The maximum atomic E-state index is 13.1. The monoisotopic (exact) mass is 503 g/mol. The smallest absolute Gasteiger partial charge is 0.254 e. The van der Waals surface area contributed by atoms with Gasteiger partial charge in [-0.1, -0.05) is 58.0 Å². The molecule has 0 aromatic heterocycles. The molecule has 7 heteroatoms. The summed E-state index contributed by atoms with van der Waals surface area (Å²) in [5.74, 6) is -0.369. The Morgan fingerprint density at radius 2 is 1.65 bits per heavy atom. The second-order valence-electron chi connectivity index (χ2n) is 11.3. The van der Waals surface area contributed by atoms with Crippen molar-refractivity contribution in [1.82, 2.24) is 15.1 Å². The molecule has 2 saturated heterocycles. The highest BCUT2D eigenvalue weighted by Crippen LogP contribution is 2.32. The number of ketones is 1. The number of likely N-dealkylation sites (tertiary alicyclic amines) is 2. The van der Waals surface area contributed by atoms with Crippen LogP contribution in [0, 0.1) is 5.92 Å². The molecule has 3 atom stereocenters. The SMILES string of the molecule is CC(CCNC(=O)c1ccc(C(C)(C)C)cc1)CC(=O)N1CCC2C1C(=O)CN2C(=O)c1ccccc1. The fraction of sp³-hybridized carbons (Fsp3) is 0.467. The fourth-order valence-corrected chi connectivity index (χ4v) is 5.29. The summed E-state index contributed by atoms with van der Waals surface area (Å²) in [5, 5.41) is 2.95. The lowest BCUT2D eigenvalue weighted by molar-refractivity contribution is -0.137. The molecule has 2 aromatic rings. The van der Waals surface area contributed by atoms with E-state index in [-0.39, 0.29) is 47.4 Å². The number of amides is 3. The molecule has 2 aromatic carbocycles. The van der Waals surface area contributed by atoms with Gasteiger partial charge in [0.2, 0.25) is 5.91 Å². The van der Waals surface area contributed by atoms with Gasteiger partial charge < -0.3 is 15.1 Å². The van der Waals surface area contributed by atoms with E-state index in [1.807, 2.05) is 37.3 Å². The first kappa shape index (κ1) is 26.6. The molecular weight excluding hydrogens is 466 g/mol. The van der Waals surface area contributed by atoms with E-state index < -0.39 is 6.04 Å². The summed E-state index contributed by atoms with van der Waals surface area (Å²) in [7, 11) is 0. The zero-order chi connectivity index (χ0) is 26.7. The van der Waals surface area contributed by atoms with E-state index in [2.05, 4.69) is 26.1 Å². The van der Waals surface area contributed by atoms with Crippen LogP contribution in [-0.2, 0) is 15.0 Å². The molecule has 0 saturated carbocycles. The van der Waals surface area contributed by atoms with Gasteiger partial charge in [-0.05, 0) is 54.0 Å². The summed E-state index contributed by atoms with van der Waals surface area (Å²) in [4.78, 5) is 54.7. The van der Waals surface area contributed by atoms with Gasteiger partial charge in [-0.3, -0.25) is 19.2 Å². The van der Waals surface area contributed by atoms with E-state index in [1.54, 1.807) is 34.1 Å². The lowest BCUT2D eigenvalue weighted by Crippen LogP contribution is -2.44. The molecule has 0 radical (unpaired) electrons. The van der Waals surface area contributed by atoms with Gasteiger partial charge in [0.05, 0.1) is 12.6 Å². The van der Waals surface area contributed by atoms with Gasteiger partial charge >= 0.3 is 0 Å². The largest absolute Gasteiger partial charge is 0.352 e. The second kappa shape index (κ2) is 10.9. The van der Waals surface area contributed by atoms with Crippen LogP contribution in [0.2, 0.25) is 0 Å². The minimum atomic E-state index is -0.553. The molecule has 196 valence electrons. The number of hydrogen-bond donors (Lipinski definition) is 1. The summed E-state index contributed by atoms with van der Waals surface area (Å²) in [6, 6.07) is 15.8. The van der Waals surface area contributed by atoms with Crippen LogP contribution in [0.3, 0.4) is 0 Å². The van der Waals surface area contributed by atoms with Crippen LogP contribution in [0.1, 0.15) is 73.2 Å². The van der Waals surface area contributed by atoms with Crippen molar-refractivity contribution in [3.63, 3.8) is 0 Å². The Hall–Kier alpha value is -3.48. The lowest BCUT2D eigenvalue weighted by atomic mass is 9.87. The lowest BCUT2D eigenvalue weighted by Gasteiger charge is -2.25. The molecule has 2 heterocycles. The summed E-state index contributed by atoms with van der Waals surface area (Å²) in [6.45, 7) is 9.38. The Balaban J connectivity index is 1.26. The molecule has 2 aliphatic heterocycles. The van der Waals surface area contributed by atoms with Crippen LogP contribution in [0.4, 0.5) is 0 Å². The predicted molar refractivity (Wildman–Crippen MR) is 142 cm³/mol. The van der Waals surface area contributed by atoms with Gasteiger partial charge in [0.1, 0.15) is 6.04 Å². The highest BCUT2D eigenvalue weighted by atomic mass is 16.2. The van der Waals surface area contributed by atoms with E-state index in [9.17, 15) is 19.2 Å². The number of fused-ring (bicyclic) bond motifs is 1. The first-order chi connectivity index (χ1) is 17.6. The Morgan fingerprint density at radius 1 is 0.973 bits per heavy atom. The molecule has 1 N–H and O–H groups in total.